The highest BCUT2D eigenvalue weighted by Crippen LogP contribution is 2.51. The minimum atomic E-state index is -0.523. The van der Waals surface area contributed by atoms with Gasteiger partial charge in [0.25, 0.3) is 0 Å². The van der Waals surface area contributed by atoms with E-state index in [-0.39, 0.29) is 21.7 Å². The Bertz CT molecular complexity index is 1260. The van der Waals surface area contributed by atoms with Gasteiger partial charge in [-0.05, 0) is 113 Å². The van der Waals surface area contributed by atoms with Crippen LogP contribution in [0.3, 0.4) is 0 Å². The molecule has 0 heterocycles. The zero-order valence-corrected chi connectivity index (χ0v) is 26.4. The van der Waals surface area contributed by atoms with Gasteiger partial charge >= 0.3 is 0 Å². The number of hydrogen-bond donors (Lipinski definition) is 0. The Morgan fingerprint density at radius 2 is 1.00 bits per heavy atom. The van der Waals surface area contributed by atoms with Gasteiger partial charge < -0.3 is 4.90 Å². The Morgan fingerprint density at radius 1 is 0.605 bits per heavy atom. The summed E-state index contributed by atoms with van der Waals surface area (Å²) in [5.41, 5.74) is 10.0. The van der Waals surface area contributed by atoms with E-state index in [1.807, 2.05) is 6.08 Å². The van der Waals surface area contributed by atoms with Gasteiger partial charge in [0.15, 0.2) is 0 Å². The SMILES string of the molecule is CC1(C)CCC(C)(C)c2cc(N(C3=CC(Cl)=C[C@@](C)(Cl)C3)c3ccc4c(c3)C(C)(C)CCC4(C)C)ccc21. The van der Waals surface area contributed by atoms with E-state index in [4.69, 9.17) is 23.2 Å². The largest absolute Gasteiger partial charge is 0.314 e. The predicted octanol–water partition coefficient (Wildman–Crippen LogP) is 10.9. The van der Waals surface area contributed by atoms with Gasteiger partial charge in [-0.3, -0.25) is 0 Å². The third-order valence-electron chi connectivity index (χ3n) is 9.75. The summed E-state index contributed by atoms with van der Waals surface area (Å²) in [6, 6.07) is 14.3. The topological polar surface area (TPSA) is 3.24 Å². The first-order chi connectivity index (χ1) is 17.4. The van der Waals surface area contributed by atoms with Crippen LogP contribution in [0.25, 0.3) is 0 Å². The predicted molar refractivity (Wildman–Crippen MR) is 166 cm³/mol. The summed E-state index contributed by atoms with van der Waals surface area (Å²) in [5, 5.41) is 0.701. The fourth-order valence-electron chi connectivity index (χ4n) is 7.00. The molecule has 5 rings (SSSR count). The second-order valence-electron chi connectivity index (χ2n) is 15.0. The Hall–Kier alpha value is -1.70. The molecule has 3 heteroatoms. The van der Waals surface area contributed by atoms with E-state index in [1.54, 1.807) is 0 Å². The molecular weight excluding hydrogens is 505 g/mol. The minimum Gasteiger partial charge on any atom is -0.314 e. The number of fused-ring (bicyclic) bond motifs is 2. The molecule has 0 fully saturated rings. The number of rotatable bonds is 3. The fourth-order valence-corrected chi connectivity index (χ4v) is 7.68. The van der Waals surface area contributed by atoms with Crippen LogP contribution in [0.15, 0.2) is 59.3 Å². The maximum Gasteiger partial charge on any atom is 0.0669 e. The van der Waals surface area contributed by atoms with Crippen molar-refractivity contribution in [2.24, 2.45) is 0 Å². The standard InChI is InChI=1S/C35H45Cl2N/c1-31(2)14-16-33(5,6)29-19-24(10-12-27(29)31)38(26-18-23(36)21-35(9,37)22-26)25-11-13-28-30(20-25)34(7,8)17-15-32(28,3)4/h10-13,18-21H,14-17,22H2,1-9H3/t35-/m1/s1. The maximum absolute atomic E-state index is 6.95. The highest BCUT2D eigenvalue weighted by Gasteiger charge is 2.40. The van der Waals surface area contributed by atoms with Crippen LogP contribution in [-0.2, 0) is 21.7 Å². The summed E-state index contributed by atoms with van der Waals surface area (Å²) in [5.74, 6) is 0. The second kappa shape index (κ2) is 8.90. The lowest BCUT2D eigenvalue weighted by molar-refractivity contribution is 0.331. The summed E-state index contributed by atoms with van der Waals surface area (Å²) in [4.78, 5) is 1.90. The van der Waals surface area contributed by atoms with Crippen LogP contribution >= 0.6 is 23.2 Å². The normalized spacial score (nSPS) is 26.5. The molecule has 0 unspecified atom stereocenters. The van der Waals surface area contributed by atoms with Crippen LogP contribution in [-0.4, -0.2) is 4.87 Å². The molecule has 3 aliphatic rings. The Morgan fingerprint density at radius 3 is 1.39 bits per heavy atom. The molecule has 38 heavy (non-hydrogen) atoms. The Balaban J connectivity index is 1.73. The van der Waals surface area contributed by atoms with Crippen molar-refractivity contribution in [1.29, 1.82) is 0 Å². The van der Waals surface area contributed by atoms with Crippen LogP contribution < -0.4 is 4.90 Å². The number of alkyl halides is 1. The molecule has 0 spiro atoms. The first kappa shape index (κ1) is 27.9. The Kier molecular flexibility index (Phi) is 6.53. The third-order valence-corrected chi connectivity index (χ3v) is 10.2. The van der Waals surface area contributed by atoms with Crippen LogP contribution in [0.2, 0.25) is 0 Å². The van der Waals surface area contributed by atoms with Crippen LogP contribution in [0.1, 0.15) is 117 Å². The van der Waals surface area contributed by atoms with Gasteiger partial charge in [-0.1, -0.05) is 79.1 Å². The number of hydrogen-bond acceptors (Lipinski definition) is 1. The van der Waals surface area contributed by atoms with Gasteiger partial charge in [-0.2, -0.15) is 0 Å². The smallest absolute Gasteiger partial charge is 0.0669 e. The molecule has 1 nitrogen and oxygen atoms in total. The Labute approximate surface area is 241 Å². The molecule has 204 valence electrons. The maximum atomic E-state index is 6.95. The van der Waals surface area contributed by atoms with Gasteiger partial charge in [0, 0.05) is 28.5 Å². The van der Waals surface area contributed by atoms with Gasteiger partial charge in [-0.25, -0.2) is 0 Å². The number of halogens is 2. The number of benzene rings is 2. The zero-order chi connectivity index (χ0) is 27.9. The van der Waals surface area contributed by atoms with Crippen molar-refractivity contribution >= 4 is 34.6 Å². The van der Waals surface area contributed by atoms with E-state index in [2.05, 4.69) is 110 Å². The lowest BCUT2D eigenvalue weighted by Gasteiger charge is -2.44. The van der Waals surface area contributed by atoms with Gasteiger partial charge in [-0.15, -0.1) is 11.6 Å². The molecule has 0 bridgehead atoms. The highest BCUT2D eigenvalue weighted by molar-refractivity contribution is 6.33. The molecule has 0 amide bonds. The molecule has 0 saturated carbocycles. The first-order valence-corrected chi connectivity index (χ1v) is 15.1. The van der Waals surface area contributed by atoms with Gasteiger partial charge in [0.1, 0.15) is 0 Å². The van der Waals surface area contributed by atoms with E-state index in [0.29, 0.717) is 11.5 Å². The van der Waals surface area contributed by atoms with Crippen molar-refractivity contribution in [3.05, 3.63) is 81.5 Å². The molecular formula is C35H45Cl2N. The zero-order valence-electron chi connectivity index (χ0n) is 24.9. The molecule has 2 aromatic rings. The molecule has 0 saturated heterocycles. The summed E-state index contributed by atoms with van der Waals surface area (Å²) >= 11 is 13.6. The molecule has 0 N–H and O–H groups in total. The van der Waals surface area contributed by atoms with E-state index >= 15 is 0 Å². The van der Waals surface area contributed by atoms with E-state index in [9.17, 15) is 0 Å². The van der Waals surface area contributed by atoms with Gasteiger partial charge in [0.05, 0.1) is 4.87 Å². The summed E-state index contributed by atoms with van der Waals surface area (Å²) in [7, 11) is 0. The van der Waals surface area contributed by atoms with E-state index in [1.165, 1.54) is 59.3 Å². The van der Waals surface area contributed by atoms with Crippen molar-refractivity contribution < 1.29 is 0 Å². The first-order valence-electron chi connectivity index (χ1n) is 14.3. The van der Waals surface area contributed by atoms with Crippen molar-refractivity contribution in [1.82, 2.24) is 0 Å². The van der Waals surface area contributed by atoms with E-state index in [0.717, 1.165) is 5.70 Å². The molecule has 1 atom stereocenters. The van der Waals surface area contributed by atoms with Crippen molar-refractivity contribution in [2.75, 3.05) is 4.90 Å². The van der Waals surface area contributed by atoms with Gasteiger partial charge in [0.2, 0.25) is 0 Å². The summed E-state index contributed by atoms with van der Waals surface area (Å²) in [6.07, 6.45) is 9.58. The minimum absolute atomic E-state index is 0.133. The lowest BCUT2D eigenvalue weighted by Crippen LogP contribution is -2.35. The molecule has 2 aromatic carbocycles. The number of anilines is 2. The van der Waals surface area contributed by atoms with Crippen LogP contribution in [0, 0.1) is 0 Å². The average Bonchev–Trinajstić information content (AvgIpc) is 2.79. The number of allylic oxidation sites excluding steroid dienone is 4. The fraction of sp³-hybridized carbons (Fsp3) is 0.543. The molecule has 0 radical (unpaired) electrons. The molecule has 0 aromatic heterocycles. The van der Waals surface area contributed by atoms with Crippen molar-refractivity contribution in [2.45, 2.75) is 121 Å². The summed E-state index contributed by atoms with van der Waals surface area (Å²) in [6.45, 7) is 21.2. The van der Waals surface area contributed by atoms with Crippen molar-refractivity contribution in [3.63, 3.8) is 0 Å². The second-order valence-corrected chi connectivity index (χ2v) is 16.3. The lowest BCUT2D eigenvalue weighted by atomic mass is 9.63. The quantitative estimate of drug-likeness (QED) is 0.344. The van der Waals surface area contributed by atoms with E-state index < -0.39 is 4.87 Å². The van der Waals surface area contributed by atoms with Crippen molar-refractivity contribution in [3.8, 4) is 0 Å². The monoisotopic (exact) mass is 549 g/mol. The molecule has 3 aliphatic carbocycles. The third kappa shape index (κ3) is 4.88. The average molecular weight is 551 g/mol. The highest BCUT2D eigenvalue weighted by atomic mass is 35.5. The number of nitrogens with zero attached hydrogens (tertiary/aromatic N) is 1. The summed E-state index contributed by atoms with van der Waals surface area (Å²) < 4.78 is 0. The van der Waals surface area contributed by atoms with Crippen LogP contribution in [0.5, 0.6) is 0 Å². The molecule has 0 aliphatic heterocycles. The van der Waals surface area contributed by atoms with Crippen LogP contribution in [0.4, 0.5) is 11.4 Å².